The van der Waals surface area contributed by atoms with Crippen LogP contribution < -0.4 is 16.0 Å². The number of carbonyl (C=O) groups excluding carboxylic acids is 2. The maximum atomic E-state index is 12.2. The topological polar surface area (TPSA) is 78.7 Å². The van der Waals surface area contributed by atoms with Crippen LogP contribution in [0.3, 0.4) is 0 Å². The third kappa shape index (κ3) is 3.01. The Morgan fingerprint density at radius 3 is 2.85 bits per heavy atom. The molecule has 1 aliphatic rings. The summed E-state index contributed by atoms with van der Waals surface area (Å²) in [5, 5.41) is 2.82. The van der Waals surface area contributed by atoms with E-state index in [0.29, 0.717) is 17.8 Å². The number of hydrogen-bond acceptors (Lipinski definition) is 4. The van der Waals surface area contributed by atoms with Crippen molar-refractivity contribution in [3.8, 4) is 0 Å². The molecule has 0 aliphatic carbocycles. The van der Waals surface area contributed by atoms with Gasteiger partial charge in [-0.25, -0.2) is 0 Å². The monoisotopic (exact) mass is 276 g/mol. The Labute approximate surface area is 118 Å². The van der Waals surface area contributed by atoms with Crippen molar-refractivity contribution < 1.29 is 9.59 Å². The predicted octanol–water partition coefficient (Wildman–Crippen LogP) is 0.297. The highest BCUT2D eigenvalue weighted by Gasteiger charge is 2.21. The van der Waals surface area contributed by atoms with Crippen molar-refractivity contribution in [2.45, 2.75) is 6.42 Å². The number of hydrogen-bond donors (Lipinski definition) is 2. The van der Waals surface area contributed by atoms with Gasteiger partial charge in [0.2, 0.25) is 5.91 Å². The van der Waals surface area contributed by atoms with E-state index in [9.17, 15) is 9.59 Å². The molecule has 3 N–H and O–H groups in total. The minimum atomic E-state index is -0.0929. The second-order valence-corrected chi connectivity index (χ2v) is 5.10. The summed E-state index contributed by atoms with van der Waals surface area (Å²) in [5.41, 5.74) is 7.71. The van der Waals surface area contributed by atoms with Gasteiger partial charge in [0, 0.05) is 32.9 Å². The largest absolute Gasteiger partial charge is 0.399 e. The number of carbonyl (C=O) groups is 2. The van der Waals surface area contributed by atoms with Crippen molar-refractivity contribution in [2.75, 3.05) is 44.4 Å². The highest BCUT2D eigenvalue weighted by molar-refractivity contribution is 6.00. The summed E-state index contributed by atoms with van der Waals surface area (Å²) in [6, 6.07) is 5.18. The molecule has 6 nitrogen and oxygen atoms in total. The molecule has 0 saturated carbocycles. The van der Waals surface area contributed by atoms with E-state index in [1.54, 1.807) is 32.3 Å². The summed E-state index contributed by atoms with van der Waals surface area (Å²) in [5.74, 6) is -0.127. The first-order valence-corrected chi connectivity index (χ1v) is 6.62. The Bertz CT molecular complexity index is 528. The number of nitrogens with two attached hydrogens (primary N) is 1. The van der Waals surface area contributed by atoms with Gasteiger partial charge in [-0.3, -0.25) is 9.59 Å². The maximum Gasteiger partial charge on any atom is 0.255 e. The molecular weight excluding hydrogens is 256 g/mol. The molecule has 0 aromatic heterocycles. The molecule has 0 radical (unpaired) electrons. The Morgan fingerprint density at radius 1 is 1.40 bits per heavy atom. The first-order chi connectivity index (χ1) is 9.49. The number of anilines is 2. The molecule has 0 atom stereocenters. The van der Waals surface area contributed by atoms with Gasteiger partial charge in [0.15, 0.2) is 0 Å². The quantitative estimate of drug-likeness (QED) is 0.761. The molecule has 1 fully saturated rings. The van der Waals surface area contributed by atoms with Gasteiger partial charge in [-0.2, -0.15) is 0 Å². The minimum Gasteiger partial charge on any atom is -0.399 e. The molecule has 1 saturated heterocycles. The standard InChI is InChI=1S/C14H20N4O2/c1-17(2)14(20)11-5-4-10(15)8-12(11)18-7-3-6-16-13(19)9-18/h4-5,8H,3,6-7,9,15H2,1-2H3,(H,16,19). The number of amides is 2. The molecule has 1 heterocycles. The van der Waals surface area contributed by atoms with Gasteiger partial charge in [-0.1, -0.05) is 0 Å². The summed E-state index contributed by atoms with van der Waals surface area (Å²) in [4.78, 5) is 27.4. The first-order valence-electron chi connectivity index (χ1n) is 6.62. The van der Waals surface area contributed by atoms with Crippen LogP contribution in [0.2, 0.25) is 0 Å². The Kier molecular flexibility index (Phi) is 4.12. The van der Waals surface area contributed by atoms with Crippen LogP contribution in [0.5, 0.6) is 0 Å². The van der Waals surface area contributed by atoms with Crippen molar-refractivity contribution >= 4 is 23.2 Å². The first kappa shape index (κ1) is 14.2. The van der Waals surface area contributed by atoms with Crippen LogP contribution in [0.15, 0.2) is 18.2 Å². The lowest BCUT2D eigenvalue weighted by molar-refractivity contribution is -0.119. The van der Waals surface area contributed by atoms with E-state index in [0.717, 1.165) is 18.7 Å². The predicted molar refractivity (Wildman–Crippen MR) is 78.7 cm³/mol. The molecule has 0 unspecified atom stereocenters. The average molecular weight is 276 g/mol. The van der Waals surface area contributed by atoms with Crippen molar-refractivity contribution in [2.24, 2.45) is 0 Å². The van der Waals surface area contributed by atoms with Crippen molar-refractivity contribution in [1.29, 1.82) is 0 Å². The van der Waals surface area contributed by atoms with Gasteiger partial charge in [0.05, 0.1) is 17.8 Å². The van der Waals surface area contributed by atoms with Crippen LogP contribution in [-0.4, -0.2) is 50.4 Å². The van der Waals surface area contributed by atoms with Gasteiger partial charge in [-0.15, -0.1) is 0 Å². The molecule has 6 heteroatoms. The summed E-state index contributed by atoms with van der Waals surface area (Å²) >= 11 is 0. The van der Waals surface area contributed by atoms with Gasteiger partial charge >= 0.3 is 0 Å². The Balaban J connectivity index is 2.40. The highest BCUT2D eigenvalue weighted by atomic mass is 16.2. The van der Waals surface area contributed by atoms with Crippen LogP contribution in [0.25, 0.3) is 0 Å². The van der Waals surface area contributed by atoms with E-state index in [1.165, 1.54) is 4.90 Å². The average Bonchev–Trinajstić information content (AvgIpc) is 2.62. The van der Waals surface area contributed by atoms with Crippen molar-refractivity contribution in [1.82, 2.24) is 10.2 Å². The fourth-order valence-electron chi connectivity index (χ4n) is 2.24. The lowest BCUT2D eigenvalue weighted by Crippen LogP contribution is -2.34. The normalized spacial score (nSPS) is 15.5. The van der Waals surface area contributed by atoms with Crippen LogP contribution in [0.4, 0.5) is 11.4 Å². The highest BCUT2D eigenvalue weighted by Crippen LogP contribution is 2.25. The SMILES string of the molecule is CN(C)C(=O)c1ccc(N)cc1N1CCCNC(=O)C1. The Morgan fingerprint density at radius 2 is 2.15 bits per heavy atom. The summed E-state index contributed by atoms with van der Waals surface area (Å²) in [6.45, 7) is 1.63. The van der Waals surface area contributed by atoms with Gasteiger partial charge < -0.3 is 20.9 Å². The molecule has 2 rings (SSSR count). The van der Waals surface area contributed by atoms with Crippen LogP contribution >= 0.6 is 0 Å². The van der Waals surface area contributed by atoms with Crippen LogP contribution in [-0.2, 0) is 4.79 Å². The summed E-state index contributed by atoms with van der Waals surface area (Å²) in [6.07, 6.45) is 0.843. The summed E-state index contributed by atoms with van der Waals surface area (Å²) < 4.78 is 0. The number of nitrogens with one attached hydrogen (secondary N) is 1. The lowest BCUT2D eigenvalue weighted by Gasteiger charge is -2.25. The summed E-state index contributed by atoms with van der Waals surface area (Å²) in [7, 11) is 3.41. The van der Waals surface area contributed by atoms with E-state index < -0.39 is 0 Å². The molecule has 0 bridgehead atoms. The molecule has 1 aromatic carbocycles. The molecule has 20 heavy (non-hydrogen) atoms. The zero-order chi connectivity index (χ0) is 14.7. The smallest absolute Gasteiger partial charge is 0.255 e. The number of rotatable bonds is 2. The molecule has 1 aromatic rings. The van der Waals surface area contributed by atoms with E-state index in [2.05, 4.69) is 5.32 Å². The number of nitrogens with zero attached hydrogens (tertiary/aromatic N) is 2. The fraction of sp³-hybridized carbons (Fsp3) is 0.429. The van der Waals surface area contributed by atoms with E-state index in [-0.39, 0.29) is 18.4 Å². The fourth-order valence-corrected chi connectivity index (χ4v) is 2.24. The lowest BCUT2D eigenvalue weighted by atomic mass is 10.1. The van der Waals surface area contributed by atoms with E-state index in [1.807, 2.05) is 4.90 Å². The third-order valence-corrected chi connectivity index (χ3v) is 3.26. The molecule has 0 spiro atoms. The van der Waals surface area contributed by atoms with Crippen LogP contribution in [0.1, 0.15) is 16.8 Å². The van der Waals surface area contributed by atoms with Gasteiger partial charge in [-0.05, 0) is 24.6 Å². The van der Waals surface area contributed by atoms with Crippen LogP contribution in [0, 0.1) is 0 Å². The maximum absolute atomic E-state index is 12.2. The zero-order valence-electron chi connectivity index (χ0n) is 11.8. The minimum absolute atomic E-state index is 0.0341. The van der Waals surface area contributed by atoms with Crippen molar-refractivity contribution in [3.05, 3.63) is 23.8 Å². The number of nitrogen functional groups attached to an aromatic ring is 1. The molecular formula is C14H20N4O2. The van der Waals surface area contributed by atoms with E-state index >= 15 is 0 Å². The second kappa shape index (κ2) is 5.81. The zero-order valence-corrected chi connectivity index (χ0v) is 11.8. The van der Waals surface area contributed by atoms with Gasteiger partial charge in [0.1, 0.15) is 0 Å². The third-order valence-electron chi connectivity index (χ3n) is 3.26. The molecule has 108 valence electrons. The second-order valence-electron chi connectivity index (χ2n) is 5.10. The number of benzene rings is 1. The van der Waals surface area contributed by atoms with Gasteiger partial charge in [0.25, 0.3) is 5.91 Å². The Hall–Kier alpha value is -2.24. The molecule has 2 amide bonds. The molecule has 1 aliphatic heterocycles. The van der Waals surface area contributed by atoms with Crippen molar-refractivity contribution in [3.63, 3.8) is 0 Å². The van der Waals surface area contributed by atoms with E-state index in [4.69, 9.17) is 5.73 Å².